The van der Waals surface area contributed by atoms with E-state index in [9.17, 15) is 4.79 Å². The molecule has 140 valence electrons. The van der Waals surface area contributed by atoms with Crippen LogP contribution in [0, 0.1) is 0 Å². The quantitative estimate of drug-likeness (QED) is 0.294. The van der Waals surface area contributed by atoms with Gasteiger partial charge in [-0.05, 0) is 41.8 Å². The molecule has 3 aromatic rings. The monoisotopic (exact) mass is 402 g/mol. The number of rotatable bonds is 8. The van der Waals surface area contributed by atoms with Gasteiger partial charge in [0.2, 0.25) is 0 Å². The molecule has 0 N–H and O–H groups in total. The van der Waals surface area contributed by atoms with Crippen molar-refractivity contribution in [1.82, 2.24) is 0 Å². The number of carbonyl (C=O) groups excluding carboxylic acids is 1. The highest BCUT2D eigenvalue weighted by atomic mass is 35.5. The summed E-state index contributed by atoms with van der Waals surface area (Å²) in [6.07, 6.45) is 0. The average molecular weight is 403 g/mol. The zero-order chi connectivity index (χ0) is 19.1. The van der Waals surface area contributed by atoms with Crippen LogP contribution in [0.25, 0.3) is 10.8 Å². The molecule has 0 aliphatic heterocycles. The van der Waals surface area contributed by atoms with Gasteiger partial charge in [0.05, 0.1) is 12.9 Å². The van der Waals surface area contributed by atoms with E-state index in [2.05, 4.69) is 0 Å². The summed E-state index contributed by atoms with van der Waals surface area (Å²) in [5.41, 5.74) is 0. The van der Waals surface area contributed by atoms with Gasteiger partial charge in [-0.1, -0.05) is 35.9 Å². The van der Waals surface area contributed by atoms with Gasteiger partial charge in [-0.15, -0.1) is 11.8 Å². The third-order valence-electron chi connectivity index (χ3n) is 3.84. The smallest absolute Gasteiger partial charge is 0.316 e. The van der Waals surface area contributed by atoms with Crippen molar-refractivity contribution in [3.05, 3.63) is 65.7 Å². The van der Waals surface area contributed by atoms with Crippen LogP contribution in [0.5, 0.6) is 11.5 Å². The second-order valence-electron chi connectivity index (χ2n) is 5.63. The normalized spacial score (nSPS) is 10.6. The van der Waals surface area contributed by atoms with Crippen LogP contribution >= 0.6 is 23.4 Å². The van der Waals surface area contributed by atoms with E-state index in [1.165, 1.54) is 11.8 Å². The minimum atomic E-state index is -0.289. The summed E-state index contributed by atoms with van der Waals surface area (Å²) in [5, 5.41) is 2.69. The van der Waals surface area contributed by atoms with Gasteiger partial charge in [-0.25, -0.2) is 0 Å². The van der Waals surface area contributed by atoms with Gasteiger partial charge < -0.3 is 14.2 Å². The lowest BCUT2D eigenvalue weighted by Gasteiger charge is -2.09. The molecular formula is C21H19ClO4S. The first-order valence-corrected chi connectivity index (χ1v) is 9.76. The lowest BCUT2D eigenvalue weighted by atomic mass is 10.1. The predicted octanol–water partition coefficient (Wildman–Crippen LogP) is 5.22. The summed E-state index contributed by atoms with van der Waals surface area (Å²) < 4.78 is 15.9. The van der Waals surface area contributed by atoms with E-state index < -0.39 is 0 Å². The second-order valence-corrected chi connectivity index (χ2v) is 7.05. The third kappa shape index (κ3) is 5.31. The van der Waals surface area contributed by atoms with E-state index in [0.717, 1.165) is 21.4 Å². The molecule has 0 aromatic heterocycles. The van der Waals surface area contributed by atoms with Gasteiger partial charge in [0.15, 0.2) is 0 Å². The maximum absolute atomic E-state index is 12.0. The molecular weight excluding hydrogens is 384 g/mol. The molecule has 0 heterocycles. The Morgan fingerprint density at radius 1 is 0.963 bits per heavy atom. The fourth-order valence-electron chi connectivity index (χ4n) is 2.55. The molecule has 4 nitrogen and oxygen atoms in total. The molecule has 0 saturated heterocycles. The lowest BCUT2D eigenvalue weighted by molar-refractivity contribution is -0.141. The zero-order valence-electron chi connectivity index (χ0n) is 14.8. The van der Waals surface area contributed by atoms with Crippen LogP contribution in [0.2, 0.25) is 5.02 Å². The fourth-order valence-corrected chi connectivity index (χ4v) is 3.79. The largest absolute Gasteiger partial charge is 0.497 e. The summed E-state index contributed by atoms with van der Waals surface area (Å²) in [6.45, 7) is 0.491. The number of esters is 1. The first-order chi connectivity index (χ1) is 13.2. The zero-order valence-corrected chi connectivity index (χ0v) is 16.4. The first-order valence-electron chi connectivity index (χ1n) is 8.40. The van der Waals surface area contributed by atoms with Gasteiger partial charge in [0.25, 0.3) is 0 Å². The Hall–Kier alpha value is -2.37. The van der Waals surface area contributed by atoms with Crippen molar-refractivity contribution in [3.8, 4) is 11.5 Å². The van der Waals surface area contributed by atoms with E-state index in [1.54, 1.807) is 19.2 Å². The number of hydrogen-bond acceptors (Lipinski definition) is 5. The number of fused-ring (bicyclic) bond motifs is 1. The van der Waals surface area contributed by atoms with Crippen LogP contribution in [0.15, 0.2) is 65.6 Å². The number of methoxy groups -OCH3 is 1. The molecule has 0 spiro atoms. The highest BCUT2D eigenvalue weighted by Crippen LogP contribution is 2.33. The maximum atomic E-state index is 12.0. The van der Waals surface area contributed by atoms with Crippen molar-refractivity contribution < 1.29 is 19.0 Å². The summed E-state index contributed by atoms with van der Waals surface area (Å²) in [6, 6.07) is 18.9. The van der Waals surface area contributed by atoms with Gasteiger partial charge in [0.1, 0.15) is 24.7 Å². The van der Waals surface area contributed by atoms with E-state index in [1.807, 2.05) is 48.5 Å². The Morgan fingerprint density at radius 3 is 2.41 bits per heavy atom. The summed E-state index contributed by atoms with van der Waals surface area (Å²) in [4.78, 5) is 12.9. The topological polar surface area (TPSA) is 44.8 Å². The number of thioether (sulfide) groups is 1. The highest BCUT2D eigenvalue weighted by molar-refractivity contribution is 8.00. The van der Waals surface area contributed by atoms with Crippen LogP contribution in [0.1, 0.15) is 0 Å². The number of carbonyl (C=O) groups is 1. The molecule has 0 aliphatic rings. The van der Waals surface area contributed by atoms with Crippen molar-refractivity contribution in [3.63, 3.8) is 0 Å². The van der Waals surface area contributed by atoms with E-state index >= 15 is 0 Å². The molecule has 0 unspecified atom stereocenters. The lowest BCUT2D eigenvalue weighted by Crippen LogP contribution is -2.13. The van der Waals surface area contributed by atoms with Gasteiger partial charge >= 0.3 is 5.97 Å². The van der Waals surface area contributed by atoms with E-state index in [-0.39, 0.29) is 18.3 Å². The Bertz CT molecular complexity index is 906. The number of halogens is 1. The van der Waals surface area contributed by atoms with E-state index in [0.29, 0.717) is 17.4 Å². The molecule has 0 atom stereocenters. The van der Waals surface area contributed by atoms with E-state index in [4.69, 9.17) is 25.8 Å². The van der Waals surface area contributed by atoms with Crippen molar-refractivity contribution in [2.45, 2.75) is 4.90 Å². The first kappa shape index (κ1) is 19.4. The van der Waals surface area contributed by atoms with Crippen molar-refractivity contribution >= 4 is 40.1 Å². The molecule has 0 radical (unpaired) electrons. The fraction of sp³-hybridized carbons (Fsp3) is 0.190. The second kappa shape index (κ2) is 9.53. The number of hydrogen-bond donors (Lipinski definition) is 0. The SMILES string of the molecule is COc1ccc(OCCOC(=O)CSc2cccc3cccc(Cl)c23)cc1. The molecule has 3 rings (SSSR count). The molecule has 6 heteroatoms. The van der Waals surface area contributed by atoms with Crippen molar-refractivity contribution in [1.29, 1.82) is 0 Å². The molecule has 0 bridgehead atoms. The van der Waals surface area contributed by atoms with Crippen LogP contribution < -0.4 is 9.47 Å². The number of ether oxygens (including phenoxy) is 3. The highest BCUT2D eigenvalue weighted by Gasteiger charge is 2.09. The van der Waals surface area contributed by atoms with Crippen LogP contribution in [0.4, 0.5) is 0 Å². The summed E-state index contributed by atoms with van der Waals surface area (Å²) in [5.74, 6) is 1.39. The van der Waals surface area contributed by atoms with Gasteiger partial charge in [0, 0.05) is 15.3 Å². The molecule has 0 fully saturated rings. The van der Waals surface area contributed by atoms with Crippen LogP contribution in [-0.4, -0.2) is 32.0 Å². The summed E-state index contributed by atoms with van der Waals surface area (Å²) in [7, 11) is 1.61. The molecule has 27 heavy (non-hydrogen) atoms. The molecule has 3 aromatic carbocycles. The third-order valence-corrected chi connectivity index (χ3v) is 5.18. The van der Waals surface area contributed by atoms with Crippen molar-refractivity contribution in [2.75, 3.05) is 26.1 Å². The van der Waals surface area contributed by atoms with Gasteiger partial charge in [-0.3, -0.25) is 4.79 Å². The molecule has 0 amide bonds. The van der Waals surface area contributed by atoms with Crippen LogP contribution in [-0.2, 0) is 9.53 Å². The maximum Gasteiger partial charge on any atom is 0.316 e. The Balaban J connectivity index is 1.45. The average Bonchev–Trinajstić information content (AvgIpc) is 2.70. The predicted molar refractivity (Wildman–Crippen MR) is 109 cm³/mol. The van der Waals surface area contributed by atoms with Crippen molar-refractivity contribution in [2.24, 2.45) is 0 Å². The standard InChI is InChI=1S/C21H19ClO4S/c1-24-16-8-10-17(11-9-16)25-12-13-26-20(23)14-27-19-7-3-5-15-4-2-6-18(22)21(15)19/h2-11H,12-14H2,1H3. The van der Waals surface area contributed by atoms with Gasteiger partial charge in [-0.2, -0.15) is 0 Å². The Kier molecular flexibility index (Phi) is 6.85. The Labute approximate surface area is 167 Å². The number of benzene rings is 3. The minimum absolute atomic E-state index is 0.196. The summed E-state index contributed by atoms with van der Waals surface area (Å²) >= 11 is 7.72. The molecule has 0 aliphatic carbocycles. The minimum Gasteiger partial charge on any atom is -0.497 e. The molecule has 0 saturated carbocycles. The Morgan fingerprint density at radius 2 is 1.67 bits per heavy atom. The van der Waals surface area contributed by atoms with Crippen LogP contribution in [0.3, 0.4) is 0 Å².